The van der Waals surface area contributed by atoms with Crippen molar-refractivity contribution in [2.24, 2.45) is 5.92 Å². The van der Waals surface area contributed by atoms with Crippen LogP contribution in [0.5, 0.6) is 0 Å². The van der Waals surface area contributed by atoms with Crippen LogP contribution in [0.2, 0.25) is 0 Å². The predicted octanol–water partition coefficient (Wildman–Crippen LogP) is 2.81. The first-order chi connectivity index (χ1) is 9.19. The van der Waals surface area contributed by atoms with Crippen LogP contribution in [0.25, 0.3) is 0 Å². The van der Waals surface area contributed by atoms with E-state index in [1.165, 1.54) is 25.7 Å². The Morgan fingerprint density at radius 1 is 1.37 bits per heavy atom. The quantitative estimate of drug-likeness (QED) is 0.802. The van der Waals surface area contributed by atoms with Crippen LogP contribution in [0.1, 0.15) is 44.3 Å². The van der Waals surface area contributed by atoms with Crippen molar-refractivity contribution in [2.75, 3.05) is 25.4 Å². The molecule has 1 heterocycles. The Bertz CT molecular complexity index is 386. The fourth-order valence-electron chi connectivity index (χ4n) is 2.98. The number of hydrogen-bond donors (Lipinski definition) is 2. The van der Waals surface area contributed by atoms with E-state index in [2.05, 4.69) is 11.8 Å². The summed E-state index contributed by atoms with van der Waals surface area (Å²) < 4.78 is 0. The molecule has 0 amide bonds. The van der Waals surface area contributed by atoms with Crippen LogP contribution >= 0.6 is 0 Å². The normalized spacial score (nSPS) is 19.5. The Balaban J connectivity index is 1.82. The van der Waals surface area contributed by atoms with E-state index in [-0.39, 0.29) is 0 Å². The fraction of sp³-hybridized carbons (Fsp3) is 0.625. The van der Waals surface area contributed by atoms with Gasteiger partial charge in [0.05, 0.1) is 6.10 Å². The van der Waals surface area contributed by atoms with Gasteiger partial charge in [0.2, 0.25) is 0 Å². The Morgan fingerprint density at radius 3 is 2.74 bits per heavy atom. The molecule has 1 atom stereocenters. The summed E-state index contributed by atoms with van der Waals surface area (Å²) in [5, 5.41) is 10.3. The van der Waals surface area contributed by atoms with Gasteiger partial charge < -0.3 is 15.7 Å². The highest BCUT2D eigenvalue weighted by atomic mass is 16.3. The van der Waals surface area contributed by atoms with Crippen LogP contribution in [-0.4, -0.2) is 29.6 Å². The smallest absolute Gasteiger partial charge is 0.0917 e. The summed E-state index contributed by atoms with van der Waals surface area (Å²) in [4.78, 5) is 2.38. The monoisotopic (exact) mass is 262 g/mol. The molecule has 0 radical (unpaired) electrons. The lowest BCUT2D eigenvalue weighted by molar-refractivity contribution is 0.0879. The Hall–Kier alpha value is -1.06. The molecule has 1 aliphatic rings. The Kier molecular flexibility index (Phi) is 5.23. The zero-order valence-electron chi connectivity index (χ0n) is 11.9. The highest BCUT2D eigenvalue weighted by molar-refractivity contribution is 5.41. The first kappa shape index (κ1) is 14.4. The minimum atomic E-state index is -0.425. The third-order valence-corrected chi connectivity index (χ3v) is 4.13. The minimum absolute atomic E-state index is 0.425. The summed E-state index contributed by atoms with van der Waals surface area (Å²) in [6.07, 6.45) is 4.77. The molecule has 1 aliphatic heterocycles. The lowest BCUT2D eigenvalue weighted by atomic mass is 9.92. The van der Waals surface area contributed by atoms with Crippen LogP contribution in [0.3, 0.4) is 0 Å². The molecule has 3 nitrogen and oxygen atoms in total. The minimum Gasteiger partial charge on any atom is -0.399 e. The zero-order chi connectivity index (χ0) is 13.7. The molecule has 0 aromatic heterocycles. The van der Waals surface area contributed by atoms with E-state index < -0.39 is 6.10 Å². The van der Waals surface area contributed by atoms with Crippen molar-refractivity contribution in [1.82, 2.24) is 4.90 Å². The van der Waals surface area contributed by atoms with Crippen molar-refractivity contribution in [1.29, 1.82) is 0 Å². The maximum atomic E-state index is 10.3. The second-order valence-electron chi connectivity index (χ2n) is 5.72. The average molecular weight is 262 g/mol. The van der Waals surface area contributed by atoms with Crippen molar-refractivity contribution in [2.45, 2.75) is 38.7 Å². The number of nitrogens with two attached hydrogens (primary N) is 1. The molecule has 106 valence electrons. The van der Waals surface area contributed by atoms with E-state index >= 15 is 0 Å². The second-order valence-corrected chi connectivity index (χ2v) is 5.72. The number of rotatable bonds is 5. The molecule has 1 saturated heterocycles. The number of benzene rings is 1. The topological polar surface area (TPSA) is 49.5 Å². The molecule has 3 heteroatoms. The molecular weight excluding hydrogens is 236 g/mol. The van der Waals surface area contributed by atoms with Gasteiger partial charge in [-0.1, -0.05) is 31.9 Å². The third kappa shape index (κ3) is 4.22. The van der Waals surface area contributed by atoms with Crippen LogP contribution in [0, 0.1) is 5.92 Å². The molecule has 19 heavy (non-hydrogen) atoms. The summed E-state index contributed by atoms with van der Waals surface area (Å²) in [5.41, 5.74) is 7.40. The molecule has 1 aromatic rings. The molecule has 1 fully saturated rings. The molecule has 0 spiro atoms. The maximum absolute atomic E-state index is 10.3. The van der Waals surface area contributed by atoms with Crippen molar-refractivity contribution >= 4 is 5.69 Å². The van der Waals surface area contributed by atoms with E-state index in [1.54, 1.807) is 0 Å². The van der Waals surface area contributed by atoms with Crippen molar-refractivity contribution in [3.63, 3.8) is 0 Å². The molecule has 1 unspecified atom stereocenters. The van der Waals surface area contributed by atoms with Crippen LogP contribution in [0.15, 0.2) is 24.3 Å². The number of β-amino-alcohol motifs (C(OH)–C–C–N with tert-alkyl or cyclic N) is 1. The van der Waals surface area contributed by atoms with Gasteiger partial charge in [-0.15, -0.1) is 0 Å². The van der Waals surface area contributed by atoms with Crippen molar-refractivity contribution in [3.8, 4) is 0 Å². The first-order valence-corrected chi connectivity index (χ1v) is 7.45. The van der Waals surface area contributed by atoms with Crippen LogP contribution in [0.4, 0.5) is 5.69 Å². The number of aliphatic hydroxyl groups is 1. The van der Waals surface area contributed by atoms with E-state index in [4.69, 9.17) is 5.73 Å². The molecule has 0 aliphatic carbocycles. The Morgan fingerprint density at radius 2 is 2.11 bits per heavy atom. The van der Waals surface area contributed by atoms with Crippen LogP contribution < -0.4 is 5.73 Å². The molecule has 3 N–H and O–H groups in total. The average Bonchev–Trinajstić information content (AvgIpc) is 2.41. The fourth-order valence-corrected chi connectivity index (χ4v) is 2.98. The van der Waals surface area contributed by atoms with Crippen LogP contribution in [-0.2, 0) is 0 Å². The largest absolute Gasteiger partial charge is 0.399 e. The van der Waals surface area contributed by atoms with Gasteiger partial charge in [-0.25, -0.2) is 0 Å². The van der Waals surface area contributed by atoms with E-state index in [1.807, 2.05) is 24.3 Å². The molecule has 0 saturated carbocycles. The summed E-state index contributed by atoms with van der Waals surface area (Å²) in [6, 6.07) is 7.58. The number of nitrogen functional groups attached to an aromatic ring is 1. The van der Waals surface area contributed by atoms with Gasteiger partial charge in [0.25, 0.3) is 0 Å². The SMILES string of the molecule is CCCC1CCN(CC(O)c2cccc(N)c2)CC1. The Labute approximate surface area is 116 Å². The number of nitrogens with zero attached hydrogens (tertiary/aromatic N) is 1. The summed E-state index contributed by atoms with van der Waals surface area (Å²) in [7, 11) is 0. The number of anilines is 1. The van der Waals surface area contributed by atoms with Gasteiger partial charge in [0, 0.05) is 12.2 Å². The lowest BCUT2D eigenvalue weighted by Gasteiger charge is -2.33. The summed E-state index contributed by atoms with van der Waals surface area (Å²) >= 11 is 0. The van der Waals surface area contributed by atoms with Gasteiger partial charge in [0.1, 0.15) is 0 Å². The molecule has 2 rings (SSSR count). The molecular formula is C16H26N2O. The lowest BCUT2D eigenvalue weighted by Crippen LogP contribution is -2.36. The highest BCUT2D eigenvalue weighted by Crippen LogP contribution is 2.24. The van der Waals surface area contributed by atoms with Gasteiger partial charge in [0.15, 0.2) is 0 Å². The van der Waals surface area contributed by atoms with Gasteiger partial charge >= 0.3 is 0 Å². The zero-order valence-corrected chi connectivity index (χ0v) is 11.9. The van der Waals surface area contributed by atoms with E-state index in [0.29, 0.717) is 0 Å². The second kappa shape index (κ2) is 6.92. The first-order valence-electron chi connectivity index (χ1n) is 7.45. The van der Waals surface area contributed by atoms with Gasteiger partial charge in [-0.2, -0.15) is 0 Å². The van der Waals surface area contributed by atoms with Crippen molar-refractivity contribution < 1.29 is 5.11 Å². The van der Waals surface area contributed by atoms with Gasteiger partial charge in [-0.3, -0.25) is 0 Å². The maximum Gasteiger partial charge on any atom is 0.0917 e. The van der Waals surface area contributed by atoms with Crippen molar-refractivity contribution in [3.05, 3.63) is 29.8 Å². The summed E-state index contributed by atoms with van der Waals surface area (Å²) in [5.74, 6) is 0.894. The standard InChI is InChI=1S/C16H26N2O/c1-2-4-13-7-9-18(10-8-13)12-16(19)14-5-3-6-15(17)11-14/h3,5-6,11,13,16,19H,2,4,7-10,12,17H2,1H3. The molecule has 0 bridgehead atoms. The number of likely N-dealkylation sites (tertiary alicyclic amines) is 1. The predicted molar refractivity (Wildman–Crippen MR) is 79.9 cm³/mol. The number of piperidine rings is 1. The highest BCUT2D eigenvalue weighted by Gasteiger charge is 2.20. The summed E-state index contributed by atoms with van der Waals surface area (Å²) in [6.45, 7) is 5.21. The van der Waals surface area contributed by atoms with E-state index in [9.17, 15) is 5.11 Å². The van der Waals surface area contributed by atoms with E-state index in [0.717, 1.165) is 36.8 Å². The number of hydrogen-bond acceptors (Lipinski definition) is 3. The molecule has 1 aromatic carbocycles. The third-order valence-electron chi connectivity index (χ3n) is 4.13. The van der Waals surface area contributed by atoms with Gasteiger partial charge in [-0.05, 0) is 49.5 Å². The number of aliphatic hydroxyl groups excluding tert-OH is 1.